The molecule has 0 saturated carbocycles. The lowest BCUT2D eigenvalue weighted by Crippen LogP contribution is -2.29. The molecule has 29 heavy (non-hydrogen) atoms. The maximum atomic E-state index is 12.5. The van der Waals surface area contributed by atoms with Gasteiger partial charge in [0.2, 0.25) is 5.89 Å². The number of nitro benzene ring substituents is 1. The largest absolute Gasteiger partial charge is 0.383 e. The number of carbonyl (C=O) groups excluding carboxylic acids is 1. The number of nitrogens with one attached hydrogen (secondary N) is 2. The number of nitro groups is 1. The molecule has 10 heteroatoms. The van der Waals surface area contributed by atoms with E-state index in [1.165, 1.54) is 23.9 Å². The van der Waals surface area contributed by atoms with Crippen LogP contribution in [0.25, 0.3) is 0 Å². The molecule has 0 unspecified atom stereocenters. The lowest BCUT2D eigenvalue weighted by molar-refractivity contribution is -0.384. The number of aryl methyl sites for hydroxylation is 1. The lowest BCUT2D eigenvalue weighted by Gasteiger charge is -2.10. The van der Waals surface area contributed by atoms with E-state index in [4.69, 9.17) is 4.52 Å². The number of amides is 1. The van der Waals surface area contributed by atoms with Gasteiger partial charge in [0, 0.05) is 42.7 Å². The summed E-state index contributed by atoms with van der Waals surface area (Å²) in [4.78, 5) is 27.7. The van der Waals surface area contributed by atoms with Gasteiger partial charge in [0.1, 0.15) is 0 Å². The van der Waals surface area contributed by atoms with Crippen molar-refractivity contribution >= 4 is 29.0 Å². The third-order valence-corrected chi connectivity index (χ3v) is 4.95. The van der Waals surface area contributed by atoms with Gasteiger partial charge in [-0.25, -0.2) is 0 Å². The smallest absolute Gasteiger partial charge is 0.269 e. The summed E-state index contributed by atoms with van der Waals surface area (Å²) < 4.78 is 4.96. The molecule has 9 nitrogen and oxygen atoms in total. The molecule has 1 aromatic heterocycles. The van der Waals surface area contributed by atoms with Crippen molar-refractivity contribution in [3.05, 3.63) is 75.9 Å². The highest BCUT2D eigenvalue weighted by Crippen LogP contribution is 2.25. The highest BCUT2D eigenvalue weighted by molar-refractivity contribution is 7.98. The molecule has 0 spiro atoms. The zero-order chi connectivity index (χ0) is 20.6. The van der Waals surface area contributed by atoms with Gasteiger partial charge in [0.05, 0.1) is 16.2 Å². The summed E-state index contributed by atoms with van der Waals surface area (Å²) in [6.45, 7) is 2.62. The molecule has 3 rings (SSSR count). The minimum atomic E-state index is -0.445. The van der Waals surface area contributed by atoms with Crippen LogP contribution < -0.4 is 10.6 Å². The van der Waals surface area contributed by atoms with Gasteiger partial charge in [-0.2, -0.15) is 4.98 Å². The maximum Gasteiger partial charge on any atom is 0.269 e. The fourth-order valence-corrected chi connectivity index (χ4v) is 3.39. The third kappa shape index (κ3) is 5.79. The first-order valence-corrected chi connectivity index (χ1v) is 9.79. The Bertz CT molecular complexity index is 990. The summed E-state index contributed by atoms with van der Waals surface area (Å²) in [6.07, 6.45) is 0. The average molecular weight is 413 g/mol. The molecule has 2 N–H and O–H groups in total. The van der Waals surface area contributed by atoms with E-state index in [1.54, 1.807) is 25.1 Å². The summed E-state index contributed by atoms with van der Waals surface area (Å²) in [5, 5.41) is 20.5. The van der Waals surface area contributed by atoms with Crippen molar-refractivity contribution in [3.8, 4) is 0 Å². The van der Waals surface area contributed by atoms with Crippen LogP contribution in [-0.2, 0) is 5.75 Å². The minimum absolute atomic E-state index is 0.0361. The number of rotatable bonds is 9. The summed E-state index contributed by atoms with van der Waals surface area (Å²) in [7, 11) is 0. The zero-order valence-corrected chi connectivity index (χ0v) is 16.4. The Hall–Kier alpha value is -3.40. The van der Waals surface area contributed by atoms with Crippen LogP contribution in [0.3, 0.4) is 0 Å². The second-order valence-electron chi connectivity index (χ2n) is 6.00. The monoisotopic (exact) mass is 413 g/mol. The van der Waals surface area contributed by atoms with Crippen LogP contribution in [0.2, 0.25) is 0 Å². The molecule has 0 aliphatic rings. The molecule has 0 aliphatic heterocycles. The molecular weight excluding hydrogens is 394 g/mol. The number of hydrogen-bond acceptors (Lipinski definition) is 8. The topological polar surface area (TPSA) is 123 Å². The molecule has 1 heterocycles. The molecule has 0 aliphatic carbocycles. The Morgan fingerprint density at radius 3 is 2.62 bits per heavy atom. The number of nitrogens with zero attached hydrogens (tertiary/aromatic N) is 3. The third-order valence-electron chi connectivity index (χ3n) is 3.88. The van der Waals surface area contributed by atoms with Gasteiger partial charge in [0.25, 0.3) is 11.6 Å². The SMILES string of the molecule is Cc1nc(CSc2ccccc2C(=O)NCCNc2ccc([N+](=O)[O-])cc2)no1. The summed E-state index contributed by atoms with van der Waals surface area (Å²) >= 11 is 1.47. The Balaban J connectivity index is 1.49. The predicted octanol–water partition coefficient (Wildman–Crippen LogP) is 3.42. The van der Waals surface area contributed by atoms with Crippen LogP contribution in [0.15, 0.2) is 57.9 Å². The first-order valence-electron chi connectivity index (χ1n) is 8.80. The van der Waals surface area contributed by atoms with Crippen LogP contribution in [0.4, 0.5) is 11.4 Å². The fourth-order valence-electron chi connectivity index (χ4n) is 2.50. The quantitative estimate of drug-likeness (QED) is 0.237. The first kappa shape index (κ1) is 20.3. The number of benzene rings is 2. The number of non-ortho nitro benzene ring substituents is 1. The molecule has 0 fully saturated rings. The molecule has 1 amide bonds. The first-order chi connectivity index (χ1) is 14.0. The van der Waals surface area contributed by atoms with Crippen molar-refractivity contribution in [2.24, 2.45) is 0 Å². The van der Waals surface area contributed by atoms with Gasteiger partial charge in [-0.05, 0) is 24.3 Å². The zero-order valence-electron chi connectivity index (χ0n) is 15.6. The maximum absolute atomic E-state index is 12.5. The summed E-state index contributed by atoms with van der Waals surface area (Å²) in [6, 6.07) is 13.4. The van der Waals surface area contributed by atoms with Gasteiger partial charge in [-0.1, -0.05) is 17.3 Å². The van der Waals surface area contributed by atoms with Gasteiger partial charge >= 0.3 is 0 Å². The Morgan fingerprint density at radius 2 is 1.93 bits per heavy atom. The lowest BCUT2D eigenvalue weighted by atomic mass is 10.2. The van der Waals surface area contributed by atoms with Crippen molar-refractivity contribution in [2.45, 2.75) is 17.6 Å². The van der Waals surface area contributed by atoms with E-state index in [1.807, 2.05) is 18.2 Å². The van der Waals surface area contributed by atoms with Crippen LogP contribution in [0.5, 0.6) is 0 Å². The number of hydrogen-bond donors (Lipinski definition) is 2. The van der Waals surface area contributed by atoms with Gasteiger partial charge in [0.15, 0.2) is 5.82 Å². The Labute approximate surface area is 171 Å². The standard InChI is InChI=1S/C19H19N5O4S/c1-13-22-18(23-28-13)12-29-17-5-3-2-4-16(17)19(25)21-11-10-20-14-6-8-15(9-7-14)24(26)27/h2-9,20H,10-12H2,1H3,(H,21,25). The van der Waals surface area contributed by atoms with E-state index < -0.39 is 4.92 Å². The van der Waals surface area contributed by atoms with Crippen LogP contribution in [0.1, 0.15) is 22.1 Å². The van der Waals surface area contributed by atoms with Crippen LogP contribution in [0, 0.1) is 17.0 Å². The molecule has 0 saturated heterocycles. The number of anilines is 1. The average Bonchev–Trinajstić information content (AvgIpc) is 3.15. The van der Waals surface area contributed by atoms with Crippen LogP contribution in [-0.4, -0.2) is 34.1 Å². The second-order valence-corrected chi connectivity index (χ2v) is 7.02. The molecular formula is C19H19N5O4S. The van der Waals surface area contributed by atoms with Crippen molar-refractivity contribution in [2.75, 3.05) is 18.4 Å². The molecule has 3 aromatic rings. The van der Waals surface area contributed by atoms with Crippen molar-refractivity contribution in [3.63, 3.8) is 0 Å². The van der Waals surface area contributed by atoms with Gasteiger partial charge in [-0.15, -0.1) is 11.8 Å². The normalized spacial score (nSPS) is 10.5. The molecule has 0 atom stereocenters. The van der Waals surface area contributed by atoms with E-state index in [9.17, 15) is 14.9 Å². The number of thioether (sulfide) groups is 1. The van der Waals surface area contributed by atoms with E-state index in [2.05, 4.69) is 20.8 Å². The Morgan fingerprint density at radius 1 is 1.17 bits per heavy atom. The van der Waals surface area contributed by atoms with E-state index in [0.717, 1.165) is 10.6 Å². The van der Waals surface area contributed by atoms with Crippen molar-refractivity contribution in [1.82, 2.24) is 15.5 Å². The van der Waals surface area contributed by atoms with Crippen molar-refractivity contribution < 1.29 is 14.2 Å². The number of aromatic nitrogens is 2. The second kappa shape index (κ2) is 9.69. The predicted molar refractivity (Wildman–Crippen MR) is 109 cm³/mol. The summed E-state index contributed by atoms with van der Waals surface area (Å²) in [5.74, 6) is 1.41. The minimum Gasteiger partial charge on any atom is -0.383 e. The van der Waals surface area contributed by atoms with Crippen LogP contribution >= 0.6 is 11.8 Å². The molecule has 0 radical (unpaired) electrons. The molecule has 0 bridgehead atoms. The molecule has 2 aromatic carbocycles. The highest BCUT2D eigenvalue weighted by Gasteiger charge is 2.12. The Kier molecular flexibility index (Phi) is 6.80. The molecule has 150 valence electrons. The van der Waals surface area contributed by atoms with E-state index >= 15 is 0 Å². The fraction of sp³-hybridized carbons (Fsp3) is 0.211. The highest BCUT2D eigenvalue weighted by atomic mass is 32.2. The number of carbonyl (C=O) groups is 1. The van der Waals surface area contributed by atoms with Crippen molar-refractivity contribution in [1.29, 1.82) is 0 Å². The van der Waals surface area contributed by atoms with E-state index in [-0.39, 0.29) is 11.6 Å². The van der Waals surface area contributed by atoms with Gasteiger partial charge in [-0.3, -0.25) is 14.9 Å². The van der Waals surface area contributed by atoms with Gasteiger partial charge < -0.3 is 15.2 Å². The summed E-state index contributed by atoms with van der Waals surface area (Å²) in [5.41, 5.74) is 1.36. The van der Waals surface area contributed by atoms with E-state index in [0.29, 0.717) is 36.1 Å².